The molecule has 0 unspecified atom stereocenters. The van der Waals surface area contributed by atoms with Gasteiger partial charge in [0, 0.05) is 16.0 Å². The first-order valence-electron chi connectivity index (χ1n) is 4.68. The molecule has 0 saturated carbocycles. The minimum atomic E-state index is -0.964. The molecule has 3 nitrogen and oxygen atoms in total. The first-order chi connectivity index (χ1) is 8.06. The van der Waals surface area contributed by atoms with Crippen LogP contribution in [0.25, 0.3) is 10.6 Å². The minimum Gasteiger partial charge on any atom is -0.481 e. The predicted molar refractivity (Wildman–Crippen MR) is 63.9 cm³/mol. The van der Waals surface area contributed by atoms with E-state index in [2.05, 4.69) is 4.98 Å². The fourth-order valence-corrected chi connectivity index (χ4v) is 2.34. The van der Waals surface area contributed by atoms with Crippen LogP contribution in [-0.4, -0.2) is 16.1 Å². The van der Waals surface area contributed by atoms with Gasteiger partial charge in [0.1, 0.15) is 10.8 Å². The number of carboxylic acid groups (broad SMARTS) is 1. The molecule has 1 aromatic heterocycles. The zero-order valence-corrected chi connectivity index (χ0v) is 10.1. The van der Waals surface area contributed by atoms with Crippen molar-refractivity contribution < 1.29 is 14.3 Å². The van der Waals surface area contributed by atoms with Crippen LogP contribution in [0.5, 0.6) is 0 Å². The molecule has 0 saturated heterocycles. The van der Waals surface area contributed by atoms with Crippen molar-refractivity contribution in [1.82, 2.24) is 4.98 Å². The standard InChI is InChI=1S/C11H7ClFNO2S/c12-6-1-2-9(13)8(3-6)11-14-7(5-17-11)4-10(15)16/h1-3,5H,4H2,(H,15,16). The Hall–Kier alpha value is -1.46. The van der Waals surface area contributed by atoms with Crippen LogP contribution in [0.15, 0.2) is 23.6 Å². The summed E-state index contributed by atoms with van der Waals surface area (Å²) in [5.41, 5.74) is 0.705. The summed E-state index contributed by atoms with van der Waals surface area (Å²) in [5, 5.41) is 11.1. The van der Waals surface area contributed by atoms with Gasteiger partial charge in [-0.25, -0.2) is 9.37 Å². The van der Waals surface area contributed by atoms with Crippen LogP contribution in [0, 0.1) is 5.82 Å². The van der Waals surface area contributed by atoms with Crippen molar-refractivity contribution >= 4 is 28.9 Å². The van der Waals surface area contributed by atoms with Gasteiger partial charge in [-0.2, -0.15) is 0 Å². The molecule has 2 rings (SSSR count). The molecule has 1 heterocycles. The maximum Gasteiger partial charge on any atom is 0.309 e. The molecule has 0 spiro atoms. The number of carbonyl (C=O) groups is 1. The summed E-state index contributed by atoms with van der Waals surface area (Å²) in [6.45, 7) is 0. The molecule has 17 heavy (non-hydrogen) atoms. The van der Waals surface area contributed by atoms with Gasteiger partial charge in [-0.1, -0.05) is 11.6 Å². The van der Waals surface area contributed by atoms with Gasteiger partial charge in [-0.15, -0.1) is 11.3 Å². The van der Waals surface area contributed by atoms with Gasteiger partial charge in [0.2, 0.25) is 0 Å². The molecule has 0 atom stereocenters. The van der Waals surface area contributed by atoms with Gasteiger partial charge in [0.05, 0.1) is 12.1 Å². The molecule has 0 amide bonds. The molecule has 88 valence electrons. The Morgan fingerprint density at radius 3 is 3.00 bits per heavy atom. The second-order valence-corrected chi connectivity index (χ2v) is 4.63. The van der Waals surface area contributed by atoms with Crippen LogP contribution in [-0.2, 0) is 11.2 Å². The van der Waals surface area contributed by atoms with E-state index in [0.717, 1.165) is 0 Å². The summed E-state index contributed by atoms with van der Waals surface area (Å²) in [7, 11) is 0. The Balaban J connectivity index is 2.36. The Labute approximate surface area is 106 Å². The van der Waals surface area contributed by atoms with Gasteiger partial charge in [-0.05, 0) is 18.2 Å². The third-order valence-electron chi connectivity index (χ3n) is 2.04. The molecule has 0 bridgehead atoms. The van der Waals surface area contributed by atoms with Crippen molar-refractivity contribution in [3.63, 3.8) is 0 Å². The Bertz CT molecular complexity index is 570. The smallest absolute Gasteiger partial charge is 0.309 e. The minimum absolute atomic E-state index is 0.168. The van der Waals surface area contributed by atoms with E-state index in [4.69, 9.17) is 16.7 Å². The van der Waals surface area contributed by atoms with Crippen LogP contribution in [0.3, 0.4) is 0 Å². The number of thiazole rings is 1. The van der Waals surface area contributed by atoms with E-state index in [-0.39, 0.29) is 6.42 Å². The largest absolute Gasteiger partial charge is 0.481 e. The number of nitrogens with zero attached hydrogens (tertiary/aromatic N) is 1. The molecule has 0 aliphatic rings. The second-order valence-electron chi connectivity index (χ2n) is 3.34. The molecular formula is C11H7ClFNO2S. The summed E-state index contributed by atoms with van der Waals surface area (Å²) >= 11 is 6.97. The van der Waals surface area contributed by atoms with E-state index in [0.29, 0.717) is 21.3 Å². The maximum absolute atomic E-state index is 13.5. The highest BCUT2D eigenvalue weighted by Gasteiger charge is 2.11. The number of halogens is 2. The number of benzene rings is 1. The fraction of sp³-hybridized carbons (Fsp3) is 0.0909. The van der Waals surface area contributed by atoms with Crippen LogP contribution in [0.1, 0.15) is 5.69 Å². The average molecular weight is 272 g/mol. The number of carboxylic acids is 1. The highest BCUT2D eigenvalue weighted by molar-refractivity contribution is 7.13. The van der Waals surface area contributed by atoms with E-state index in [1.165, 1.54) is 29.5 Å². The van der Waals surface area contributed by atoms with Crippen LogP contribution in [0.4, 0.5) is 4.39 Å². The molecule has 0 radical (unpaired) electrons. The van der Waals surface area contributed by atoms with Crippen molar-refractivity contribution in [3.8, 4) is 10.6 Å². The lowest BCUT2D eigenvalue weighted by atomic mass is 10.2. The van der Waals surface area contributed by atoms with E-state index < -0.39 is 11.8 Å². The molecule has 1 aromatic carbocycles. The van der Waals surface area contributed by atoms with Gasteiger partial charge in [0.15, 0.2) is 0 Å². The number of aromatic nitrogens is 1. The molecule has 2 aromatic rings. The quantitative estimate of drug-likeness (QED) is 0.932. The monoisotopic (exact) mass is 271 g/mol. The summed E-state index contributed by atoms with van der Waals surface area (Å²) in [6, 6.07) is 4.18. The van der Waals surface area contributed by atoms with Crippen LogP contribution < -0.4 is 0 Å². The van der Waals surface area contributed by atoms with Crippen molar-refractivity contribution in [2.24, 2.45) is 0 Å². The van der Waals surface area contributed by atoms with E-state index in [1.54, 1.807) is 5.38 Å². The van der Waals surface area contributed by atoms with Crippen molar-refractivity contribution in [3.05, 3.63) is 40.1 Å². The Morgan fingerprint density at radius 2 is 2.29 bits per heavy atom. The third-order valence-corrected chi connectivity index (χ3v) is 3.20. The number of rotatable bonds is 3. The van der Waals surface area contributed by atoms with Gasteiger partial charge < -0.3 is 5.11 Å². The zero-order valence-electron chi connectivity index (χ0n) is 8.48. The van der Waals surface area contributed by atoms with Gasteiger partial charge in [-0.3, -0.25) is 4.79 Å². The number of hydrogen-bond donors (Lipinski definition) is 1. The third kappa shape index (κ3) is 2.81. The first kappa shape index (κ1) is 12.0. The SMILES string of the molecule is O=C(O)Cc1csc(-c2cc(Cl)ccc2F)n1. The molecule has 0 fully saturated rings. The normalized spacial score (nSPS) is 10.5. The van der Waals surface area contributed by atoms with Crippen LogP contribution in [0.2, 0.25) is 5.02 Å². The van der Waals surface area contributed by atoms with E-state index in [9.17, 15) is 9.18 Å². The molecule has 0 aliphatic carbocycles. The van der Waals surface area contributed by atoms with Crippen molar-refractivity contribution in [2.75, 3.05) is 0 Å². The summed E-state index contributed by atoms with van der Waals surface area (Å²) in [4.78, 5) is 14.6. The highest BCUT2D eigenvalue weighted by Crippen LogP contribution is 2.28. The number of aliphatic carboxylic acids is 1. The lowest BCUT2D eigenvalue weighted by Crippen LogP contribution is -1.99. The summed E-state index contributed by atoms with van der Waals surface area (Å²) < 4.78 is 13.5. The molecule has 6 heteroatoms. The summed E-state index contributed by atoms with van der Waals surface area (Å²) in [6.07, 6.45) is -0.168. The number of hydrogen-bond acceptors (Lipinski definition) is 3. The Kier molecular flexibility index (Phi) is 3.40. The Morgan fingerprint density at radius 1 is 1.53 bits per heavy atom. The topological polar surface area (TPSA) is 50.2 Å². The second kappa shape index (κ2) is 4.81. The van der Waals surface area contributed by atoms with Gasteiger partial charge in [0.25, 0.3) is 0 Å². The molecular weight excluding hydrogens is 265 g/mol. The first-order valence-corrected chi connectivity index (χ1v) is 5.93. The average Bonchev–Trinajstić information content (AvgIpc) is 2.69. The molecule has 0 aliphatic heterocycles. The summed E-state index contributed by atoms with van der Waals surface area (Å²) in [5.74, 6) is -1.39. The highest BCUT2D eigenvalue weighted by atomic mass is 35.5. The maximum atomic E-state index is 13.5. The van der Waals surface area contributed by atoms with E-state index >= 15 is 0 Å². The lowest BCUT2D eigenvalue weighted by molar-refractivity contribution is -0.136. The van der Waals surface area contributed by atoms with Crippen LogP contribution >= 0.6 is 22.9 Å². The predicted octanol–water partition coefficient (Wildman–Crippen LogP) is 3.23. The van der Waals surface area contributed by atoms with Crippen molar-refractivity contribution in [1.29, 1.82) is 0 Å². The zero-order chi connectivity index (χ0) is 12.4. The fourth-order valence-electron chi connectivity index (χ4n) is 1.33. The van der Waals surface area contributed by atoms with Crippen molar-refractivity contribution in [2.45, 2.75) is 6.42 Å². The van der Waals surface area contributed by atoms with E-state index in [1.807, 2.05) is 0 Å². The molecule has 1 N–H and O–H groups in total. The van der Waals surface area contributed by atoms with Gasteiger partial charge >= 0.3 is 5.97 Å². The lowest BCUT2D eigenvalue weighted by Gasteiger charge is -1.99.